The van der Waals surface area contributed by atoms with E-state index < -0.39 is 17.7 Å². The quantitative estimate of drug-likeness (QED) is 0.779. The third-order valence-corrected chi connectivity index (χ3v) is 4.46. The minimum absolute atomic E-state index is 0.523. The molecule has 2 aromatic rings. The fourth-order valence-electron chi connectivity index (χ4n) is 1.79. The highest BCUT2D eigenvalue weighted by Crippen LogP contribution is 2.32. The molecule has 0 spiro atoms. The smallest absolute Gasteiger partial charge is 0.159 e. The van der Waals surface area contributed by atoms with E-state index in [9.17, 15) is 8.78 Å². The molecule has 0 aliphatic carbocycles. The maximum atomic E-state index is 13.2. The normalized spacial score (nSPS) is 12.5. The highest BCUT2D eigenvalue weighted by molar-refractivity contribution is 9.11. The molecule has 5 heteroatoms. The van der Waals surface area contributed by atoms with E-state index in [1.807, 2.05) is 19.1 Å². The Balaban J connectivity index is 2.46. The molecule has 1 unspecified atom stereocenters. The van der Waals surface area contributed by atoms with Gasteiger partial charge in [-0.25, -0.2) is 8.78 Å². The summed E-state index contributed by atoms with van der Waals surface area (Å²) in [4.78, 5) is 0. The largest absolute Gasteiger partial charge is 0.320 e. The molecule has 0 radical (unpaired) electrons. The number of halogens is 4. The predicted octanol–water partition coefficient (Wildman–Crippen LogP) is 4.85. The van der Waals surface area contributed by atoms with Gasteiger partial charge in [0.15, 0.2) is 11.6 Å². The van der Waals surface area contributed by atoms with Crippen LogP contribution < -0.4 is 5.73 Å². The van der Waals surface area contributed by atoms with Crippen molar-refractivity contribution in [3.05, 3.63) is 67.6 Å². The zero-order valence-electron chi connectivity index (χ0n) is 10.1. The summed E-state index contributed by atoms with van der Waals surface area (Å²) >= 11 is 6.88. The lowest BCUT2D eigenvalue weighted by Crippen LogP contribution is -2.13. The van der Waals surface area contributed by atoms with Gasteiger partial charge in [-0.1, -0.05) is 37.9 Å². The first-order chi connectivity index (χ1) is 8.90. The van der Waals surface area contributed by atoms with Crippen LogP contribution in [-0.2, 0) is 0 Å². The van der Waals surface area contributed by atoms with Crippen LogP contribution in [0.2, 0.25) is 0 Å². The van der Waals surface area contributed by atoms with Crippen molar-refractivity contribution in [2.24, 2.45) is 5.73 Å². The molecule has 0 amide bonds. The third-order valence-electron chi connectivity index (χ3n) is 2.92. The Morgan fingerprint density at radius 1 is 1.00 bits per heavy atom. The lowest BCUT2D eigenvalue weighted by Gasteiger charge is -2.16. The number of nitrogens with two attached hydrogens (primary N) is 1. The summed E-state index contributed by atoms with van der Waals surface area (Å²) in [5, 5.41) is 0. The Bertz CT molecular complexity index is 629. The van der Waals surface area contributed by atoms with Crippen molar-refractivity contribution in [1.29, 1.82) is 0 Å². The van der Waals surface area contributed by atoms with Crippen molar-refractivity contribution in [1.82, 2.24) is 0 Å². The van der Waals surface area contributed by atoms with E-state index >= 15 is 0 Å². The molecule has 0 bridgehead atoms. The van der Waals surface area contributed by atoms with Gasteiger partial charge in [-0.2, -0.15) is 0 Å². The van der Waals surface area contributed by atoms with Crippen LogP contribution in [0.25, 0.3) is 0 Å². The first kappa shape index (κ1) is 14.6. The Labute approximate surface area is 127 Å². The van der Waals surface area contributed by atoms with Crippen molar-refractivity contribution in [2.45, 2.75) is 13.0 Å². The average Bonchev–Trinajstić information content (AvgIpc) is 2.36. The van der Waals surface area contributed by atoms with Gasteiger partial charge in [0.1, 0.15) is 0 Å². The first-order valence-corrected chi connectivity index (χ1v) is 7.15. The maximum absolute atomic E-state index is 13.2. The van der Waals surface area contributed by atoms with E-state index in [2.05, 4.69) is 31.9 Å². The summed E-state index contributed by atoms with van der Waals surface area (Å²) in [6.07, 6.45) is 0. The summed E-state index contributed by atoms with van der Waals surface area (Å²) in [6.45, 7) is 1.96. The molecule has 2 rings (SSSR count). The van der Waals surface area contributed by atoms with Crippen LogP contribution >= 0.6 is 31.9 Å². The highest BCUT2D eigenvalue weighted by Gasteiger charge is 2.15. The van der Waals surface area contributed by atoms with Crippen LogP contribution in [-0.4, -0.2) is 0 Å². The molecule has 19 heavy (non-hydrogen) atoms. The second-order valence-electron chi connectivity index (χ2n) is 4.27. The van der Waals surface area contributed by atoms with E-state index in [1.165, 1.54) is 6.07 Å². The Morgan fingerprint density at radius 2 is 1.68 bits per heavy atom. The van der Waals surface area contributed by atoms with E-state index in [4.69, 9.17) is 5.73 Å². The highest BCUT2D eigenvalue weighted by atomic mass is 79.9. The van der Waals surface area contributed by atoms with Gasteiger partial charge in [-0.3, -0.25) is 0 Å². The number of hydrogen-bond acceptors (Lipinski definition) is 1. The molecule has 0 aliphatic heterocycles. The lowest BCUT2D eigenvalue weighted by atomic mass is 9.98. The molecule has 0 saturated carbocycles. The molecule has 100 valence electrons. The van der Waals surface area contributed by atoms with Gasteiger partial charge in [-0.15, -0.1) is 0 Å². The molecular weight excluding hydrogens is 380 g/mol. The van der Waals surface area contributed by atoms with Crippen molar-refractivity contribution in [3.63, 3.8) is 0 Å². The number of hydrogen-bond donors (Lipinski definition) is 1. The van der Waals surface area contributed by atoms with Crippen molar-refractivity contribution in [3.8, 4) is 0 Å². The van der Waals surface area contributed by atoms with Crippen molar-refractivity contribution >= 4 is 31.9 Å². The van der Waals surface area contributed by atoms with Gasteiger partial charge in [0.2, 0.25) is 0 Å². The number of aryl methyl sites for hydroxylation is 1. The van der Waals surface area contributed by atoms with Gasteiger partial charge >= 0.3 is 0 Å². The zero-order chi connectivity index (χ0) is 14.2. The van der Waals surface area contributed by atoms with Crippen molar-refractivity contribution < 1.29 is 8.78 Å². The Morgan fingerprint density at radius 3 is 2.32 bits per heavy atom. The second-order valence-corrected chi connectivity index (χ2v) is 5.98. The predicted molar refractivity (Wildman–Crippen MR) is 79.0 cm³/mol. The lowest BCUT2D eigenvalue weighted by molar-refractivity contribution is 0.506. The molecule has 0 aliphatic rings. The van der Waals surface area contributed by atoms with Crippen LogP contribution in [0.5, 0.6) is 0 Å². The van der Waals surface area contributed by atoms with E-state index in [1.54, 1.807) is 0 Å². The SMILES string of the molecule is Cc1cc(Br)c(C(N)c2ccc(F)c(F)c2)cc1Br. The van der Waals surface area contributed by atoms with Gasteiger partial charge in [-0.05, 0) is 47.9 Å². The monoisotopic (exact) mass is 389 g/mol. The maximum Gasteiger partial charge on any atom is 0.159 e. The van der Waals surface area contributed by atoms with E-state index in [0.717, 1.165) is 32.2 Å². The number of rotatable bonds is 2. The molecule has 0 heterocycles. The first-order valence-electron chi connectivity index (χ1n) is 5.56. The molecule has 0 fully saturated rings. The summed E-state index contributed by atoms with van der Waals surface area (Å²) < 4.78 is 27.9. The second kappa shape index (κ2) is 5.69. The van der Waals surface area contributed by atoms with Gasteiger partial charge in [0.05, 0.1) is 6.04 Å². The van der Waals surface area contributed by atoms with Crippen molar-refractivity contribution in [2.75, 3.05) is 0 Å². The number of benzene rings is 2. The summed E-state index contributed by atoms with van der Waals surface area (Å²) in [6, 6.07) is 6.98. The molecule has 0 saturated heterocycles. The van der Waals surface area contributed by atoms with E-state index in [-0.39, 0.29) is 0 Å². The van der Waals surface area contributed by atoms with Gasteiger partial charge in [0, 0.05) is 8.95 Å². The van der Waals surface area contributed by atoms with Gasteiger partial charge in [0.25, 0.3) is 0 Å². The van der Waals surface area contributed by atoms with Gasteiger partial charge < -0.3 is 5.73 Å². The summed E-state index contributed by atoms with van der Waals surface area (Å²) in [5.41, 5.74) is 8.51. The average molecular weight is 391 g/mol. The van der Waals surface area contributed by atoms with Crippen LogP contribution in [0.1, 0.15) is 22.7 Å². The topological polar surface area (TPSA) is 26.0 Å². The minimum atomic E-state index is -0.893. The molecular formula is C14H11Br2F2N. The Kier molecular flexibility index (Phi) is 4.38. The summed E-state index contributed by atoms with van der Waals surface area (Å²) in [5.74, 6) is -1.77. The fraction of sp³-hybridized carbons (Fsp3) is 0.143. The zero-order valence-corrected chi connectivity index (χ0v) is 13.2. The third kappa shape index (κ3) is 3.04. The Hall–Kier alpha value is -0.780. The minimum Gasteiger partial charge on any atom is -0.320 e. The van der Waals surface area contributed by atoms with Crippen LogP contribution in [0.3, 0.4) is 0 Å². The molecule has 1 nitrogen and oxygen atoms in total. The van der Waals surface area contributed by atoms with Crippen LogP contribution in [0.4, 0.5) is 8.78 Å². The summed E-state index contributed by atoms with van der Waals surface area (Å²) in [7, 11) is 0. The van der Waals surface area contributed by atoms with E-state index in [0.29, 0.717) is 5.56 Å². The van der Waals surface area contributed by atoms with Crippen LogP contribution in [0, 0.1) is 18.6 Å². The fourth-order valence-corrected chi connectivity index (χ4v) is 2.85. The molecule has 0 aromatic heterocycles. The standard InChI is InChI=1S/C14H11Br2F2N/c1-7-4-11(16)9(6-10(7)15)14(19)8-2-3-12(17)13(18)5-8/h2-6,14H,19H2,1H3. The molecule has 2 aromatic carbocycles. The van der Waals surface area contributed by atoms with Crippen LogP contribution in [0.15, 0.2) is 39.3 Å². The molecule has 2 N–H and O–H groups in total. The molecule has 1 atom stereocenters.